The number of aliphatic hydroxyl groups is 2. The number of amides is 2. The average molecular weight is 596 g/mol. The molecule has 10 nitrogen and oxygen atoms in total. The average Bonchev–Trinajstić information content (AvgIpc) is 2.81. The van der Waals surface area contributed by atoms with Gasteiger partial charge in [-0.2, -0.15) is 0 Å². The minimum atomic E-state index is -1.52. The zero-order valence-corrected chi connectivity index (χ0v) is 19.6. The molecular weight excluding hydrogens is 576 g/mol. The molecule has 0 atom stereocenters. The molecule has 184 valence electrons. The lowest BCUT2D eigenvalue weighted by molar-refractivity contribution is -0.125. The number of hydrogen-bond donors (Lipinski definition) is 5. The fraction of sp³-hybridized carbons (Fsp3) is 0.250. The minimum absolute atomic E-state index is 0.00179. The van der Waals surface area contributed by atoms with Crippen LogP contribution in [0.15, 0.2) is 29.4 Å². The monoisotopic (exact) mass is 596 g/mol. The Kier molecular flexibility index (Phi) is 11.0. The van der Waals surface area contributed by atoms with Crippen molar-refractivity contribution in [1.29, 1.82) is 0 Å². The smallest absolute Gasteiger partial charge is 0.277 e. The number of aliphatic hydroxyl groups excluding tert-OH is 2. The quantitative estimate of drug-likeness (QED) is 0.108. The number of oxime groups is 1. The standard InChI is InChI=1S/C20H20F3IN4O6/c21-14-8-12(24)1-2-15(14)27-19-13(20(32)28-33-6-5-30)7-11(17(22)18(19)23)9-26-34-10-16(31)25-3-4-29/h1-2,7-9,27,29-30H,3-6,10H2,(H,25,31)(H,28,32)/b26-9+. The molecule has 0 aliphatic rings. The highest BCUT2D eigenvalue weighted by atomic mass is 127. The third-order valence-electron chi connectivity index (χ3n) is 3.92. The first-order valence-electron chi connectivity index (χ1n) is 9.58. The largest absolute Gasteiger partial charge is 0.395 e. The Morgan fingerprint density at radius 3 is 2.56 bits per heavy atom. The Morgan fingerprint density at radius 2 is 1.88 bits per heavy atom. The van der Waals surface area contributed by atoms with Crippen LogP contribution in [0, 0.1) is 21.0 Å². The molecule has 0 heterocycles. The van der Waals surface area contributed by atoms with Crippen LogP contribution in [0.5, 0.6) is 0 Å². The summed E-state index contributed by atoms with van der Waals surface area (Å²) in [5, 5.41) is 25.4. The highest BCUT2D eigenvalue weighted by Gasteiger charge is 2.23. The lowest BCUT2D eigenvalue weighted by Gasteiger charge is -2.15. The van der Waals surface area contributed by atoms with E-state index in [0.29, 0.717) is 3.57 Å². The first-order valence-corrected chi connectivity index (χ1v) is 10.7. The van der Waals surface area contributed by atoms with Crippen LogP contribution in [0.4, 0.5) is 24.5 Å². The predicted octanol–water partition coefficient (Wildman–Crippen LogP) is 1.56. The van der Waals surface area contributed by atoms with E-state index < -0.39 is 59.3 Å². The first-order chi connectivity index (χ1) is 16.3. The van der Waals surface area contributed by atoms with Crippen LogP contribution < -0.4 is 16.1 Å². The summed E-state index contributed by atoms with van der Waals surface area (Å²) >= 11 is 1.87. The predicted molar refractivity (Wildman–Crippen MR) is 123 cm³/mol. The number of anilines is 2. The maximum absolute atomic E-state index is 14.9. The third-order valence-corrected chi connectivity index (χ3v) is 4.60. The molecule has 0 unspecified atom stereocenters. The number of benzene rings is 2. The summed E-state index contributed by atoms with van der Waals surface area (Å²) < 4.78 is 44.4. The molecular formula is C20H20F3IN4O6. The topological polar surface area (TPSA) is 142 Å². The summed E-state index contributed by atoms with van der Waals surface area (Å²) in [7, 11) is 0. The number of carbonyl (C=O) groups excluding carboxylic acids is 2. The van der Waals surface area contributed by atoms with Crippen LogP contribution in [-0.2, 0) is 14.5 Å². The molecule has 0 aliphatic carbocycles. The van der Waals surface area contributed by atoms with Crippen molar-refractivity contribution in [2.24, 2.45) is 5.16 Å². The van der Waals surface area contributed by atoms with E-state index in [4.69, 9.17) is 19.9 Å². The van der Waals surface area contributed by atoms with Crippen LogP contribution in [0.25, 0.3) is 0 Å². The van der Waals surface area contributed by atoms with Crippen LogP contribution in [0.2, 0.25) is 0 Å². The zero-order valence-electron chi connectivity index (χ0n) is 17.4. The van der Waals surface area contributed by atoms with Gasteiger partial charge >= 0.3 is 0 Å². The Balaban J connectivity index is 2.35. The van der Waals surface area contributed by atoms with Gasteiger partial charge in [-0.15, -0.1) is 0 Å². The Hall–Kier alpha value is -2.95. The third kappa shape index (κ3) is 7.82. The molecule has 2 rings (SSSR count). The molecule has 0 radical (unpaired) electrons. The fourth-order valence-electron chi connectivity index (χ4n) is 2.42. The number of halogens is 4. The zero-order chi connectivity index (χ0) is 25.1. The lowest BCUT2D eigenvalue weighted by Crippen LogP contribution is -2.29. The molecule has 0 saturated heterocycles. The molecule has 0 saturated carbocycles. The maximum atomic E-state index is 14.9. The van der Waals surface area contributed by atoms with E-state index in [1.807, 2.05) is 28.1 Å². The highest BCUT2D eigenvalue weighted by Crippen LogP contribution is 2.30. The number of hydroxylamine groups is 1. The molecule has 14 heteroatoms. The number of nitrogens with one attached hydrogen (secondary N) is 3. The summed E-state index contributed by atoms with van der Waals surface area (Å²) in [6.07, 6.45) is 0.734. The number of nitrogens with zero attached hydrogens (tertiary/aromatic N) is 1. The van der Waals surface area contributed by atoms with Gasteiger partial charge in [0.1, 0.15) is 5.82 Å². The van der Waals surface area contributed by atoms with Crippen LogP contribution in [0.3, 0.4) is 0 Å². The van der Waals surface area contributed by atoms with Gasteiger partial charge in [0.25, 0.3) is 11.8 Å². The Labute approximate surface area is 205 Å². The van der Waals surface area contributed by atoms with E-state index in [9.17, 15) is 22.8 Å². The van der Waals surface area contributed by atoms with Gasteiger partial charge in [0.2, 0.25) is 0 Å². The summed E-state index contributed by atoms with van der Waals surface area (Å²) in [4.78, 5) is 33.3. The molecule has 34 heavy (non-hydrogen) atoms. The summed E-state index contributed by atoms with van der Waals surface area (Å²) in [5.41, 5.74) is 0.0626. The molecule has 0 aromatic heterocycles. The molecule has 2 aromatic carbocycles. The number of rotatable bonds is 12. The maximum Gasteiger partial charge on any atom is 0.277 e. The molecule has 0 aliphatic heterocycles. The van der Waals surface area contributed by atoms with Crippen molar-refractivity contribution in [3.63, 3.8) is 0 Å². The van der Waals surface area contributed by atoms with Gasteiger partial charge in [0.05, 0.1) is 43.0 Å². The normalized spacial score (nSPS) is 10.9. The summed E-state index contributed by atoms with van der Waals surface area (Å²) in [6, 6.07) is 4.85. The molecule has 2 amide bonds. The minimum Gasteiger partial charge on any atom is -0.395 e. The first kappa shape index (κ1) is 27.3. The van der Waals surface area contributed by atoms with Gasteiger partial charge in [-0.05, 0) is 46.9 Å². The van der Waals surface area contributed by atoms with Gasteiger partial charge in [-0.1, -0.05) is 5.16 Å². The van der Waals surface area contributed by atoms with Crippen molar-refractivity contribution >= 4 is 52.0 Å². The van der Waals surface area contributed by atoms with Gasteiger partial charge < -0.3 is 25.7 Å². The van der Waals surface area contributed by atoms with Crippen molar-refractivity contribution in [2.45, 2.75) is 0 Å². The number of hydrogen-bond acceptors (Lipinski definition) is 8. The van der Waals surface area contributed by atoms with Crippen molar-refractivity contribution in [2.75, 3.05) is 38.3 Å². The Bertz CT molecular complexity index is 1060. The van der Waals surface area contributed by atoms with E-state index in [1.165, 1.54) is 12.1 Å². The van der Waals surface area contributed by atoms with Crippen molar-refractivity contribution < 1.29 is 42.6 Å². The molecule has 5 N–H and O–H groups in total. The van der Waals surface area contributed by atoms with E-state index >= 15 is 0 Å². The van der Waals surface area contributed by atoms with Crippen LogP contribution >= 0.6 is 22.6 Å². The molecule has 0 fully saturated rings. The SMILES string of the molecule is O=C(CO/N=C/c1cc(C(=O)NOCCO)c(Nc2ccc(I)cc2F)c(F)c1F)NCCO. The fourth-order valence-corrected chi connectivity index (χ4v) is 2.87. The van der Waals surface area contributed by atoms with Crippen molar-refractivity contribution in [3.05, 3.63) is 56.4 Å². The van der Waals surface area contributed by atoms with E-state index in [-0.39, 0.29) is 25.4 Å². The second kappa shape index (κ2) is 13.7. The second-order valence-electron chi connectivity index (χ2n) is 6.35. The molecule has 2 aromatic rings. The Morgan fingerprint density at radius 1 is 1.12 bits per heavy atom. The van der Waals surface area contributed by atoms with E-state index in [0.717, 1.165) is 18.3 Å². The molecule has 0 bridgehead atoms. The van der Waals surface area contributed by atoms with Crippen molar-refractivity contribution in [1.82, 2.24) is 10.8 Å². The van der Waals surface area contributed by atoms with E-state index in [1.54, 1.807) is 0 Å². The van der Waals surface area contributed by atoms with Gasteiger partial charge in [-0.25, -0.2) is 18.7 Å². The summed E-state index contributed by atoms with van der Waals surface area (Å²) in [6.45, 7) is -1.53. The lowest BCUT2D eigenvalue weighted by atomic mass is 10.1. The van der Waals surface area contributed by atoms with Gasteiger partial charge in [0.15, 0.2) is 18.2 Å². The van der Waals surface area contributed by atoms with Crippen molar-refractivity contribution in [3.8, 4) is 0 Å². The van der Waals surface area contributed by atoms with Gasteiger partial charge in [0, 0.05) is 15.7 Å². The highest BCUT2D eigenvalue weighted by molar-refractivity contribution is 14.1. The van der Waals surface area contributed by atoms with E-state index in [2.05, 4.69) is 15.8 Å². The summed E-state index contributed by atoms with van der Waals surface area (Å²) in [5.74, 6) is -5.36. The van der Waals surface area contributed by atoms with Crippen LogP contribution in [-0.4, -0.2) is 61.2 Å². The van der Waals surface area contributed by atoms with Crippen LogP contribution in [0.1, 0.15) is 15.9 Å². The molecule has 0 spiro atoms. The number of carbonyl (C=O) groups is 2. The second-order valence-corrected chi connectivity index (χ2v) is 7.60. The van der Waals surface area contributed by atoms with Gasteiger partial charge in [-0.3, -0.25) is 14.4 Å².